The lowest BCUT2D eigenvalue weighted by molar-refractivity contribution is 0.0378. The summed E-state index contributed by atoms with van der Waals surface area (Å²) < 4.78 is 11.1. The predicted octanol–water partition coefficient (Wildman–Crippen LogP) is 4.49. The van der Waals surface area contributed by atoms with Gasteiger partial charge in [-0.2, -0.15) is 0 Å². The monoisotopic (exact) mass is 347 g/mol. The van der Waals surface area contributed by atoms with Gasteiger partial charge in [-0.1, -0.05) is 62.4 Å². The Morgan fingerprint density at radius 1 is 1.12 bits per heavy atom. The van der Waals surface area contributed by atoms with Crippen LogP contribution in [0.1, 0.15) is 31.0 Å². The number of alkyl carbamates (subject to hydrolysis) is 1. The van der Waals surface area contributed by atoms with Crippen LogP contribution in [-0.2, 0) is 11.3 Å². The van der Waals surface area contributed by atoms with Gasteiger partial charge in [-0.3, -0.25) is 0 Å². The van der Waals surface area contributed by atoms with Crippen LogP contribution in [0.5, 0.6) is 5.75 Å². The Morgan fingerprint density at radius 2 is 1.79 bits per heavy atom. The lowest BCUT2D eigenvalue weighted by atomic mass is 9.80. The number of hydrogen-bond acceptors (Lipinski definition) is 3. The molecule has 128 valence electrons. The Kier molecular flexibility index (Phi) is 5.73. The van der Waals surface area contributed by atoms with Gasteiger partial charge in [0.15, 0.2) is 0 Å². The number of amides is 1. The summed E-state index contributed by atoms with van der Waals surface area (Å²) in [4.78, 5) is 11.7. The van der Waals surface area contributed by atoms with Crippen molar-refractivity contribution < 1.29 is 14.3 Å². The van der Waals surface area contributed by atoms with Gasteiger partial charge >= 0.3 is 6.09 Å². The molecule has 0 aromatic heterocycles. The van der Waals surface area contributed by atoms with Gasteiger partial charge in [-0.05, 0) is 11.6 Å². The van der Waals surface area contributed by atoms with Crippen LogP contribution in [0.25, 0.3) is 0 Å². The van der Waals surface area contributed by atoms with E-state index in [-0.39, 0.29) is 30.0 Å². The molecule has 1 saturated heterocycles. The van der Waals surface area contributed by atoms with E-state index in [0.29, 0.717) is 13.2 Å². The third-order valence-corrected chi connectivity index (χ3v) is 4.09. The van der Waals surface area contributed by atoms with Crippen molar-refractivity contribution in [1.29, 1.82) is 0 Å². The normalized spacial score (nSPS) is 18.8. The van der Waals surface area contributed by atoms with E-state index in [1.807, 2.05) is 54.6 Å². The lowest BCUT2D eigenvalue weighted by Crippen LogP contribution is -2.47. The molecule has 0 aliphatic carbocycles. The van der Waals surface area contributed by atoms with Crippen molar-refractivity contribution in [3.8, 4) is 5.75 Å². The molecule has 3 rings (SSSR count). The molecule has 0 unspecified atom stereocenters. The molecule has 0 radical (unpaired) electrons. The highest BCUT2D eigenvalue weighted by molar-refractivity contribution is 5.85. The first kappa shape index (κ1) is 18.1. The van der Waals surface area contributed by atoms with E-state index in [2.05, 4.69) is 19.2 Å². The first-order valence-electron chi connectivity index (χ1n) is 7.75. The summed E-state index contributed by atoms with van der Waals surface area (Å²) in [5.74, 6) is 0.789. The molecule has 1 aliphatic heterocycles. The fourth-order valence-electron chi connectivity index (χ4n) is 2.77. The molecule has 4 nitrogen and oxygen atoms in total. The number of nitrogens with one attached hydrogen (secondary N) is 1. The van der Waals surface area contributed by atoms with Crippen LogP contribution in [-0.4, -0.2) is 12.7 Å². The Balaban J connectivity index is 0.00000208. The van der Waals surface area contributed by atoms with Crippen LogP contribution in [0.2, 0.25) is 0 Å². The van der Waals surface area contributed by atoms with E-state index in [0.717, 1.165) is 16.9 Å². The molecule has 0 saturated carbocycles. The maximum absolute atomic E-state index is 11.7. The number of ether oxygens (including phenoxy) is 2. The van der Waals surface area contributed by atoms with E-state index in [4.69, 9.17) is 9.47 Å². The van der Waals surface area contributed by atoms with E-state index in [1.165, 1.54) is 0 Å². The average molecular weight is 348 g/mol. The zero-order chi connectivity index (χ0) is 16.3. The molecule has 1 heterocycles. The summed E-state index contributed by atoms with van der Waals surface area (Å²) in [6.45, 7) is 5.03. The zero-order valence-corrected chi connectivity index (χ0v) is 14.6. The number of cyclic esters (lactones) is 1. The summed E-state index contributed by atoms with van der Waals surface area (Å²) in [6, 6.07) is 17.7. The predicted molar refractivity (Wildman–Crippen MR) is 95.5 cm³/mol. The van der Waals surface area contributed by atoms with Crippen molar-refractivity contribution in [3.63, 3.8) is 0 Å². The quantitative estimate of drug-likeness (QED) is 0.886. The van der Waals surface area contributed by atoms with Crippen molar-refractivity contribution in [1.82, 2.24) is 5.32 Å². The van der Waals surface area contributed by atoms with Gasteiger partial charge in [0.2, 0.25) is 0 Å². The second-order valence-corrected chi connectivity index (χ2v) is 6.45. The standard InChI is InChI=1S/C19H21NO3.ClH/c1-19(2)13-23-18(21)20-17(19)15-10-6-7-11-16(15)22-12-14-8-4-3-5-9-14;/h3-11,17H,12-13H2,1-2H3,(H,20,21);1H/t17-;/m1./s1. The van der Waals surface area contributed by atoms with E-state index in [9.17, 15) is 4.79 Å². The van der Waals surface area contributed by atoms with Crippen LogP contribution in [0.3, 0.4) is 0 Å². The molecule has 2 aromatic rings. The van der Waals surface area contributed by atoms with Gasteiger partial charge in [0.1, 0.15) is 19.0 Å². The third kappa shape index (κ3) is 4.01. The molecule has 0 spiro atoms. The Labute approximate surface area is 148 Å². The largest absolute Gasteiger partial charge is 0.489 e. The fraction of sp³-hybridized carbons (Fsp3) is 0.316. The minimum atomic E-state index is -0.382. The highest BCUT2D eigenvalue weighted by atomic mass is 35.5. The van der Waals surface area contributed by atoms with Crippen molar-refractivity contribution in [2.45, 2.75) is 26.5 Å². The van der Waals surface area contributed by atoms with Crippen LogP contribution in [0, 0.1) is 5.41 Å². The van der Waals surface area contributed by atoms with Crippen molar-refractivity contribution in [2.24, 2.45) is 5.41 Å². The minimum absolute atomic E-state index is 0. The SMILES string of the molecule is CC1(C)COC(=O)N[C@@H]1c1ccccc1OCc1ccccc1.Cl. The topological polar surface area (TPSA) is 47.6 Å². The lowest BCUT2D eigenvalue weighted by Gasteiger charge is -2.39. The molecule has 2 aromatic carbocycles. The second kappa shape index (κ2) is 7.58. The summed E-state index contributed by atoms with van der Waals surface area (Å²) in [7, 11) is 0. The van der Waals surface area contributed by atoms with Crippen molar-refractivity contribution in [3.05, 3.63) is 65.7 Å². The number of rotatable bonds is 4. The molecular formula is C19H22ClNO3. The number of carbonyl (C=O) groups excluding carboxylic acids is 1. The summed E-state index contributed by atoms with van der Waals surface area (Å²) >= 11 is 0. The fourth-order valence-corrected chi connectivity index (χ4v) is 2.77. The van der Waals surface area contributed by atoms with Crippen LogP contribution >= 0.6 is 12.4 Å². The highest BCUT2D eigenvalue weighted by Crippen LogP contribution is 2.40. The maximum atomic E-state index is 11.7. The Morgan fingerprint density at radius 3 is 2.54 bits per heavy atom. The van der Waals surface area contributed by atoms with E-state index < -0.39 is 0 Å². The second-order valence-electron chi connectivity index (χ2n) is 6.45. The molecule has 1 amide bonds. The van der Waals surface area contributed by atoms with Gasteiger partial charge in [0.25, 0.3) is 0 Å². The van der Waals surface area contributed by atoms with Gasteiger partial charge in [0, 0.05) is 11.0 Å². The first-order chi connectivity index (χ1) is 11.1. The molecule has 0 bridgehead atoms. The average Bonchev–Trinajstić information content (AvgIpc) is 2.56. The molecule has 1 atom stereocenters. The van der Waals surface area contributed by atoms with Crippen molar-refractivity contribution in [2.75, 3.05) is 6.61 Å². The van der Waals surface area contributed by atoms with Crippen LogP contribution < -0.4 is 10.1 Å². The van der Waals surface area contributed by atoms with Gasteiger partial charge in [0.05, 0.1) is 6.04 Å². The van der Waals surface area contributed by atoms with Gasteiger partial charge in [-0.25, -0.2) is 4.79 Å². The zero-order valence-electron chi connectivity index (χ0n) is 13.8. The molecule has 1 aliphatic rings. The number of hydrogen-bond donors (Lipinski definition) is 1. The van der Waals surface area contributed by atoms with E-state index in [1.54, 1.807) is 0 Å². The molecular weight excluding hydrogens is 326 g/mol. The molecule has 1 N–H and O–H groups in total. The number of halogens is 1. The summed E-state index contributed by atoms with van der Waals surface area (Å²) in [5.41, 5.74) is 1.88. The Hall–Kier alpha value is -2.20. The van der Waals surface area contributed by atoms with Gasteiger partial charge < -0.3 is 14.8 Å². The summed E-state index contributed by atoms with van der Waals surface area (Å²) in [6.07, 6.45) is -0.382. The third-order valence-electron chi connectivity index (χ3n) is 4.09. The first-order valence-corrected chi connectivity index (χ1v) is 7.75. The number of para-hydroxylation sites is 1. The van der Waals surface area contributed by atoms with Crippen LogP contribution in [0.15, 0.2) is 54.6 Å². The van der Waals surface area contributed by atoms with Gasteiger partial charge in [-0.15, -0.1) is 12.4 Å². The number of benzene rings is 2. The number of carbonyl (C=O) groups is 1. The van der Waals surface area contributed by atoms with E-state index >= 15 is 0 Å². The Bertz CT molecular complexity index is 688. The molecule has 1 fully saturated rings. The van der Waals surface area contributed by atoms with Crippen LogP contribution in [0.4, 0.5) is 4.79 Å². The van der Waals surface area contributed by atoms with Crippen molar-refractivity contribution >= 4 is 18.5 Å². The minimum Gasteiger partial charge on any atom is -0.489 e. The molecule has 5 heteroatoms. The maximum Gasteiger partial charge on any atom is 0.407 e. The highest BCUT2D eigenvalue weighted by Gasteiger charge is 2.39. The smallest absolute Gasteiger partial charge is 0.407 e. The summed E-state index contributed by atoms with van der Waals surface area (Å²) in [5, 5.41) is 2.92. The molecule has 24 heavy (non-hydrogen) atoms.